The first-order valence-electron chi connectivity index (χ1n) is 6.17. The van der Waals surface area contributed by atoms with E-state index < -0.39 is 0 Å². The van der Waals surface area contributed by atoms with Crippen LogP contribution in [0.1, 0.15) is 20.3 Å². The zero-order valence-corrected chi connectivity index (χ0v) is 12.6. The molecular formula is C13H14Cl2N4O. The number of anilines is 2. The molecule has 1 aromatic heterocycles. The van der Waals surface area contributed by atoms with Crippen molar-refractivity contribution in [1.29, 1.82) is 0 Å². The number of benzene rings is 1. The first-order chi connectivity index (χ1) is 9.56. The molecule has 1 unspecified atom stereocenters. The van der Waals surface area contributed by atoms with E-state index in [1.165, 1.54) is 0 Å². The third-order valence-electron chi connectivity index (χ3n) is 2.58. The summed E-state index contributed by atoms with van der Waals surface area (Å²) < 4.78 is 5.74. The Kier molecular flexibility index (Phi) is 4.98. The van der Waals surface area contributed by atoms with Crippen LogP contribution in [0, 0.1) is 0 Å². The van der Waals surface area contributed by atoms with Crippen LogP contribution >= 0.6 is 23.2 Å². The summed E-state index contributed by atoms with van der Waals surface area (Å²) in [6, 6.07) is 7.50. The Morgan fingerprint density at radius 1 is 1.20 bits per heavy atom. The second kappa shape index (κ2) is 6.72. The Balaban J connectivity index is 2.15. The normalized spacial score (nSPS) is 12.0. The molecule has 0 saturated carbocycles. The van der Waals surface area contributed by atoms with Crippen molar-refractivity contribution in [1.82, 2.24) is 15.0 Å². The molecule has 7 heteroatoms. The summed E-state index contributed by atoms with van der Waals surface area (Å²) in [5, 5.41) is 3.09. The highest BCUT2D eigenvalue weighted by atomic mass is 35.5. The molecule has 0 saturated heterocycles. The molecule has 0 aliphatic carbocycles. The molecule has 0 aliphatic rings. The summed E-state index contributed by atoms with van der Waals surface area (Å²) >= 11 is 11.4. The van der Waals surface area contributed by atoms with Gasteiger partial charge < -0.3 is 10.1 Å². The van der Waals surface area contributed by atoms with Crippen molar-refractivity contribution in [2.75, 3.05) is 5.32 Å². The number of aromatic nitrogens is 3. The topological polar surface area (TPSA) is 59.9 Å². The van der Waals surface area contributed by atoms with Gasteiger partial charge in [0.2, 0.25) is 16.5 Å². The highest BCUT2D eigenvalue weighted by molar-refractivity contribution is 6.31. The average Bonchev–Trinajstić information content (AvgIpc) is 2.37. The van der Waals surface area contributed by atoms with Gasteiger partial charge in [-0.3, -0.25) is 0 Å². The monoisotopic (exact) mass is 312 g/mol. The van der Waals surface area contributed by atoms with Gasteiger partial charge in [-0.2, -0.15) is 15.0 Å². The van der Waals surface area contributed by atoms with Crippen LogP contribution in [0.3, 0.4) is 0 Å². The molecule has 2 aromatic rings. The lowest BCUT2D eigenvalue weighted by Crippen LogP contribution is -2.09. The maximum Gasteiger partial charge on any atom is 0.232 e. The van der Waals surface area contributed by atoms with Crippen LogP contribution in [-0.4, -0.2) is 21.1 Å². The molecular weight excluding hydrogens is 299 g/mol. The molecule has 1 atom stereocenters. The first kappa shape index (κ1) is 14.8. The molecule has 2 rings (SSSR count). The van der Waals surface area contributed by atoms with Crippen molar-refractivity contribution < 1.29 is 4.74 Å². The van der Waals surface area contributed by atoms with E-state index in [-0.39, 0.29) is 22.6 Å². The predicted octanol–water partition coefficient (Wildman–Crippen LogP) is 4.10. The van der Waals surface area contributed by atoms with Crippen molar-refractivity contribution in [3.05, 3.63) is 34.8 Å². The van der Waals surface area contributed by atoms with Crippen molar-refractivity contribution in [2.24, 2.45) is 0 Å². The smallest absolute Gasteiger partial charge is 0.232 e. The van der Waals surface area contributed by atoms with E-state index in [0.29, 0.717) is 0 Å². The van der Waals surface area contributed by atoms with Gasteiger partial charge in [-0.25, -0.2) is 0 Å². The molecule has 0 radical (unpaired) electrons. The summed E-state index contributed by atoms with van der Waals surface area (Å²) in [4.78, 5) is 11.6. The van der Waals surface area contributed by atoms with Crippen LogP contribution < -0.4 is 10.1 Å². The zero-order chi connectivity index (χ0) is 14.5. The highest BCUT2D eigenvalue weighted by Gasteiger charge is 2.05. The van der Waals surface area contributed by atoms with E-state index in [0.717, 1.165) is 17.9 Å². The SMILES string of the molecule is CCC(C)Oc1cccc(Nc2nc(Cl)nc(Cl)n2)c1. The molecule has 0 spiro atoms. The van der Waals surface area contributed by atoms with Crippen molar-refractivity contribution in [2.45, 2.75) is 26.4 Å². The molecule has 106 valence electrons. The van der Waals surface area contributed by atoms with E-state index in [2.05, 4.69) is 27.2 Å². The van der Waals surface area contributed by atoms with Crippen LogP contribution in [0.25, 0.3) is 0 Å². The number of hydrogen-bond acceptors (Lipinski definition) is 5. The average molecular weight is 313 g/mol. The molecule has 20 heavy (non-hydrogen) atoms. The lowest BCUT2D eigenvalue weighted by molar-refractivity contribution is 0.217. The van der Waals surface area contributed by atoms with Gasteiger partial charge in [0.1, 0.15) is 5.75 Å². The summed E-state index contributed by atoms with van der Waals surface area (Å²) in [5.41, 5.74) is 0.782. The standard InChI is InChI=1S/C13H14Cl2N4O/c1-3-8(2)20-10-6-4-5-9(7-10)16-13-18-11(14)17-12(15)19-13/h4-8H,3H2,1-2H3,(H,16,17,18,19). The van der Waals surface area contributed by atoms with Gasteiger partial charge in [0.25, 0.3) is 0 Å². The third-order valence-corrected chi connectivity index (χ3v) is 2.92. The Morgan fingerprint density at radius 3 is 2.55 bits per heavy atom. The van der Waals surface area contributed by atoms with E-state index in [1.54, 1.807) is 0 Å². The van der Waals surface area contributed by atoms with Gasteiger partial charge in [-0.15, -0.1) is 0 Å². The zero-order valence-electron chi connectivity index (χ0n) is 11.1. The van der Waals surface area contributed by atoms with Crippen molar-refractivity contribution in [3.63, 3.8) is 0 Å². The van der Waals surface area contributed by atoms with Crippen molar-refractivity contribution >= 4 is 34.8 Å². The van der Waals surface area contributed by atoms with Gasteiger partial charge in [0.05, 0.1) is 6.10 Å². The van der Waals surface area contributed by atoms with Crippen LogP contribution in [0.2, 0.25) is 10.6 Å². The van der Waals surface area contributed by atoms with Gasteiger partial charge in [-0.05, 0) is 48.7 Å². The Morgan fingerprint density at radius 2 is 1.90 bits per heavy atom. The van der Waals surface area contributed by atoms with Gasteiger partial charge in [0, 0.05) is 11.8 Å². The predicted molar refractivity (Wildman–Crippen MR) is 80.0 cm³/mol. The fraction of sp³-hybridized carbons (Fsp3) is 0.308. The largest absolute Gasteiger partial charge is 0.491 e. The van der Waals surface area contributed by atoms with Crippen LogP contribution in [0.4, 0.5) is 11.6 Å². The molecule has 1 N–H and O–H groups in total. The maximum absolute atomic E-state index is 5.74. The van der Waals surface area contributed by atoms with E-state index in [4.69, 9.17) is 27.9 Å². The van der Waals surface area contributed by atoms with Crippen LogP contribution in [-0.2, 0) is 0 Å². The fourth-order valence-corrected chi connectivity index (χ4v) is 1.84. The fourth-order valence-electron chi connectivity index (χ4n) is 1.47. The number of rotatable bonds is 5. The van der Waals surface area contributed by atoms with Gasteiger partial charge in [0.15, 0.2) is 0 Å². The molecule has 0 aliphatic heterocycles. The minimum atomic E-state index is 0.0412. The molecule has 1 heterocycles. The van der Waals surface area contributed by atoms with Crippen LogP contribution in [0.5, 0.6) is 5.75 Å². The number of hydrogen-bond donors (Lipinski definition) is 1. The lowest BCUT2D eigenvalue weighted by atomic mass is 10.3. The minimum absolute atomic E-state index is 0.0412. The first-order valence-corrected chi connectivity index (χ1v) is 6.93. The van der Waals surface area contributed by atoms with Gasteiger partial charge in [-0.1, -0.05) is 13.0 Å². The third kappa shape index (κ3) is 4.21. The molecule has 0 bridgehead atoms. The second-order valence-electron chi connectivity index (χ2n) is 4.19. The molecule has 0 fully saturated rings. The number of halogens is 2. The van der Waals surface area contributed by atoms with E-state index >= 15 is 0 Å². The molecule has 1 aromatic carbocycles. The molecule has 0 amide bonds. The highest BCUT2D eigenvalue weighted by Crippen LogP contribution is 2.22. The Hall–Kier alpha value is -1.59. The van der Waals surface area contributed by atoms with Crippen LogP contribution in [0.15, 0.2) is 24.3 Å². The summed E-state index contributed by atoms with van der Waals surface area (Å²) in [5.74, 6) is 1.06. The Bertz CT molecular complexity index is 574. The summed E-state index contributed by atoms with van der Waals surface area (Å²) in [6.45, 7) is 4.09. The Labute approximate surface area is 127 Å². The maximum atomic E-state index is 5.74. The summed E-state index contributed by atoms with van der Waals surface area (Å²) in [7, 11) is 0. The number of nitrogens with one attached hydrogen (secondary N) is 1. The minimum Gasteiger partial charge on any atom is -0.491 e. The number of nitrogens with zero attached hydrogens (tertiary/aromatic N) is 3. The van der Waals surface area contributed by atoms with E-state index in [1.807, 2.05) is 31.2 Å². The molecule has 5 nitrogen and oxygen atoms in total. The second-order valence-corrected chi connectivity index (χ2v) is 4.86. The lowest BCUT2D eigenvalue weighted by Gasteiger charge is -2.13. The quantitative estimate of drug-likeness (QED) is 0.900. The number of ether oxygens (including phenoxy) is 1. The summed E-state index contributed by atoms with van der Waals surface area (Å²) in [6.07, 6.45) is 1.10. The van der Waals surface area contributed by atoms with Gasteiger partial charge >= 0.3 is 0 Å². The van der Waals surface area contributed by atoms with Crippen molar-refractivity contribution in [3.8, 4) is 5.75 Å². The van der Waals surface area contributed by atoms with E-state index in [9.17, 15) is 0 Å².